The van der Waals surface area contributed by atoms with Crippen LogP contribution in [0.5, 0.6) is 5.75 Å². The highest BCUT2D eigenvalue weighted by Gasteiger charge is 2.39. The number of esters is 1. The smallest absolute Gasteiger partial charge is 0.332 e. The van der Waals surface area contributed by atoms with E-state index in [0.717, 1.165) is 65.8 Å². The van der Waals surface area contributed by atoms with Crippen LogP contribution in [-0.2, 0) is 38.3 Å². The molecule has 0 aliphatic carbocycles. The molecule has 1 aliphatic rings. The molecule has 2 heterocycles. The van der Waals surface area contributed by atoms with Crippen molar-refractivity contribution in [3.63, 3.8) is 0 Å². The van der Waals surface area contributed by atoms with E-state index >= 15 is 0 Å². The predicted octanol–water partition coefficient (Wildman–Crippen LogP) is 4.58. The molecule has 0 spiro atoms. The van der Waals surface area contributed by atoms with Gasteiger partial charge in [-0.3, -0.25) is 14.6 Å². The maximum atomic E-state index is 12.7. The van der Waals surface area contributed by atoms with Crippen LogP contribution in [0.2, 0.25) is 0 Å². The first-order valence-electron chi connectivity index (χ1n) is 12.4. The summed E-state index contributed by atoms with van der Waals surface area (Å²) in [5.74, 6) is -0.0763. The number of rotatable bonds is 15. The van der Waals surface area contributed by atoms with Crippen molar-refractivity contribution >= 4 is 28.9 Å². The Morgan fingerprint density at radius 1 is 1.03 bits per heavy atom. The van der Waals surface area contributed by atoms with Gasteiger partial charge < -0.3 is 14.2 Å². The Kier molecular flexibility index (Phi) is 11.2. The molecule has 1 fully saturated rings. The van der Waals surface area contributed by atoms with Crippen LogP contribution >= 0.6 is 11.8 Å². The van der Waals surface area contributed by atoms with E-state index in [1.807, 2.05) is 36.5 Å². The average Bonchev–Trinajstić information content (AvgIpc) is 3.15. The number of thioether (sulfide) groups is 1. The van der Waals surface area contributed by atoms with E-state index in [-0.39, 0.29) is 24.5 Å². The SMILES string of the molecule is CCCCCOC(=O)COCN1C(=O)SC(Cc2ccc(OCCc3ccc(CC)cn3)cc2)C1=O. The molecular weight excluding hydrogens is 480 g/mol. The van der Waals surface area contributed by atoms with Gasteiger partial charge in [0.15, 0.2) is 0 Å². The molecule has 0 radical (unpaired) electrons. The van der Waals surface area contributed by atoms with Gasteiger partial charge in [0.25, 0.3) is 5.24 Å². The Bertz CT molecular complexity index is 996. The van der Waals surface area contributed by atoms with Gasteiger partial charge in [0, 0.05) is 18.3 Å². The monoisotopic (exact) mass is 514 g/mol. The molecule has 9 heteroatoms. The topological polar surface area (TPSA) is 95.0 Å². The minimum Gasteiger partial charge on any atom is -0.493 e. The first-order valence-corrected chi connectivity index (χ1v) is 13.3. The van der Waals surface area contributed by atoms with Gasteiger partial charge in [-0.2, -0.15) is 0 Å². The number of aromatic nitrogens is 1. The molecule has 2 aromatic rings. The van der Waals surface area contributed by atoms with Crippen LogP contribution in [0.4, 0.5) is 4.79 Å². The van der Waals surface area contributed by atoms with Crippen LogP contribution in [0.1, 0.15) is 49.9 Å². The fourth-order valence-corrected chi connectivity index (χ4v) is 4.58. The summed E-state index contributed by atoms with van der Waals surface area (Å²) in [6, 6.07) is 11.6. The van der Waals surface area contributed by atoms with Crippen molar-refractivity contribution in [1.29, 1.82) is 0 Å². The highest BCUT2D eigenvalue weighted by molar-refractivity contribution is 8.15. The van der Waals surface area contributed by atoms with E-state index in [4.69, 9.17) is 14.2 Å². The molecule has 1 aromatic carbocycles. The fraction of sp³-hybridized carbons (Fsp3) is 0.481. The predicted molar refractivity (Wildman–Crippen MR) is 138 cm³/mol. The highest BCUT2D eigenvalue weighted by Crippen LogP contribution is 2.30. The van der Waals surface area contributed by atoms with Gasteiger partial charge in [-0.15, -0.1) is 0 Å². The maximum absolute atomic E-state index is 12.7. The number of aryl methyl sites for hydroxylation is 1. The van der Waals surface area contributed by atoms with Gasteiger partial charge >= 0.3 is 5.97 Å². The molecule has 1 aliphatic heterocycles. The van der Waals surface area contributed by atoms with Crippen molar-refractivity contribution < 1.29 is 28.6 Å². The zero-order valence-corrected chi connectivity index (χ0v) is 21.8. The molecule has 194 valence electrons. The largest absolute Gasteiger partial charge is 0.493 e. The van der Waals surface area contributed by atoms with E-state index in [0.29, 0.717) is 19.6 Å². The Hall–Kier alpha value is -2.91. The molecule has 1 atom stereocenters. The average molecular weight is 515 g/mol. The van der Waals surface area contributed by atoms with Crippen molar-refractivity contribution in [2.24, 2.45) is 0 Å². The number of hydrogen-bond acceptors (Lipinski definition) is 8. The van der Waals surface area contributed by atoms with Crippen LogP contribution in [0.3, 0.4) is 0 Å². The molecule has 2 amide bonds. The lowest BCUT2D eigenvalue weighted by molar-refractivity contribution is -0.152. The summed E-state index contributed by atoms with van der Waals surface area (Å²) >= 11 is 0.976. The Morgan fingerprint density at radius 3 is 2.50 bits per heavy atom. The molecule has 0 bridgehead atoms. The number of nitrogens with zero attached hydrogens (tertiary/aromatic N) is 2. The number of carbonyl (C=O) groups is 3. The van der Waals surface area contributed by atoms with Crippen molar-refractivity contribution in [3.8, 4) is 5.75 Å². The lowest BCUT2D eigenvalue weighted by Crippen LogP contribution is -2.35. The van der Waals surface area contributed by atoms with Crippen LogP contribution < -0.4 is 4.74 Å². The van der Waals surface area contributed by atoms with Gasteiger partial charge in [0.1, 0.15) is 19.1 Å². The van der Waals surface area contributed by atoms with Crippen molar-refractivity contribution in [2.75, 3.05) is 26.6 Å². The van der Waals surface area contributed by atoms with Gasteiger partial charge in [0.05, 0.1) is 18.5 Å². The second kappa shape index (κ2) is 14.6. The van der Waals surface area contributed by atoms with Crippen molar-refractivity contribution in [1.82, 2.24) is 9.88 Å². The summed E-state index contributed by atoms with van der Waals surface area (Å²) in [5.41, 5.74) is 3.13. The standard InChI is InChI=1S/C27H34N2O6S/c1-3-5-6-14-35-25(30)18-33-19-29-26(31)24(36-27(29)32)16-21-8-11-23(12-9-21)34-15-13-22-10-7-20(4-2)17-28-22/h7-12,17,24H,3-6,13-16,18-19H2,1-2H3. The summed E-state index contributed by atoms with van der Waals surface area (Å²) in [4.78, 5) is 42.1. The Balaban J connectivity index is 1.38. The molecule has 3 rings (SSSR count). The Labute approximate surface area is 216 Å². The summed E-state index contributed by atoms with van der Waals surface area (Å²) in [6.45, 7) is 4.49. The first-order chi connectivity index (χ1) is 17.5. The summed E-state index contributed by atoms with van der Waals surface area (Å²) in [5, 5.41) is -0.895. The molecule has 8 nitrogen and oxygen atoms in total. The van der Waals surface area contributed by atoms with Crippen molar-refractivity contribution in [3.05, 3.63) is 59.4 Å². The lowest BCUT2D eigenvalue weighted by atomic mass is 10.1. The second-order valence-corrected chi connectivity index (χ2v) is 9.66. The summed E-state index contributed by atoms with van der Waals surface area (Å²) < 4.78 is 16.1. The summed E-state index contributed by atoms with van der Waals surface area (Å²) in [7, 11) is 0. The molecule has 0 saturated carbocycles. The van der Waals surface area contributed by atoms with E-state index in [9.17, 15) is 14.4 Å². The number of ether oxygens (including phenoxy) is 3. The number of imide groups is 1. The highest BCUT2D eigenvalue weighted by atomic mass is 32.2. The zero-order valence-electron chi connectivity index (χ0n) is 20.9. The number of amides is 2. The van der Waals surface area contributed by atoms with Crippen LogP contribution in [0.15, 0.2) is 42.6 Å². The van der Waals surface area contributed by atoms with E-state index in [2.05, 4.69) is 24.9 Å². The first kappa shape index (κ1) is 27.7. The molecule has 1 saturated heterocycles. The normalized spacial score (nSPS) is 15.4. The lowest BCUT2D eigenvalue weighted by Gasteiger charge is -2.14. The van der Waals surface area contributed by atoms with E-state index < -0.39 is 11.2 Å². The minimum absolute atomic E-state index is 0.256. The number of carbonyl (C=O) groups excluding carboxylic acids is 3. The van der Waals surface area contributed by atoms with Crippen LogP contribution in [0, 0.1) is 0 Å². The third-order valence-corrected chi connectivity index (χ3v) is 6.80. The van der Waals surface area contributed by atoms with Gasteiger partial charge in [-0.25, -0.2) is 9.69 Å². The fourth-order valence-electron chi connectivity index (χ4n) is 3.57. The molecular formula is C27H34N2O6S. The number of pyridine rings is 1. The van der Waals surface area contributed by atoms with E-state index in [1.165, 1.54) is 5.56 Å². The van der Waals surface area contributed by atoms with Gasteiger partial charge in [-0.05, 0) is 48.6 Å². The third kappa shape index (κ3) is 8.64. The molecule has 1 unspecified atom stereocenters. The molecule has 1 aromatic heterocycles. The Morgan fingerprint density at radius 2 is 1.81 bits per heavy atom. The zero-order chi connectivity index (χ0) is 25.8. The number of benzene rings is 1. The van der Waals surface area contributed by atoms with Gasteiger partial charge in [0.2, 0.25) is 5.91 Å². The summed E-state index contributed by atoms with van der Waals surface area (Å²) in [6.07, 6.45) is 6.84. The van der Waals surface area contributed by atoms with Crippen molar-refractivity contribution in [2.45, 2.75) is 57.6 Å². The van der Waals surface area contributed by atoms with Crippen LogP contribution in [-0.4, -0.2) is 58.8 Å². The second-order valence-electron chi connectivity index (χ2n) is 8.50. The quantitative estimate of drug-likeness (QED) is 0.252. The maximum Gasteiger partial charge on any atom is 0.332 e. The minimum atomic E-state index is -0.522. The number of hydrogen-bond donors (Lipinski definition) is 0. The van der Waals surface area contributed by atoms with Crippen LogP contribution in [0.25, 0.3) is 0 Å². The molecule has 36 heavy (non-hydrogen) atoms. The molecule has 0 N–H and O–H groups in total. The van der Waals surface area contributed by atoms with E-state index in [1.54, 1.807) is 0 Å². The van der Waals surface area contributed by atoms with Gasteiger partial charge in [-0.1, -0.05) is 56.7 Å². The number of unbranched alkanes of at least 4 members (excludes halogenated alkanes) is 2. The third-order valence-electron chi connectivity index (χ3n) is 5.72.